The second-order valence-electron chi connectivity index (χ2n) is 8.41. The van der Waals surface area contributed by atoms with Gasteiger partial charge in [0, 0.05) is 35.8 Å². The summed E-state index contributed by atoms with van der Waals surface area (Å²) in [7, 11) is 0. The van der Waals surface area contributed by atoms with Crippen LogP contribution in [0.25, 0.3) is 10.9 Å². The lowest BCUT2D eigenvalue weighted by atomic mass is 9.92. The third-order valence-corrected chi connectivity index (χ3v) is 5.95. The van der Waals surface area contributed by atoms with Crippen molar-refractivity contribution in [3.05, 3.63) is 30.2 Å². The molecule has 4 N–H and O–H groups in total. The van der Waals surface area contributed by atoms with E-state index in [1.54, 1.807) is 24.5 Å². The Balaban J connectivity index is 1.41. The number of carbonyl (C=O) groups is 3. The van der Waals surface area contributed by atoms with Crippen molar-refractivity contribution in [2.24, 2.45) is 11.8 Å². The van der Waals surface area contributed by atoms with E-state index in [0.29, 0.717) is 31.0 Å². The van der Waals surface area contributed by atoms with Gasteiger partial charge in [0.05, 0.1) is 6.07 Å². The summed E-state index contributed by atoms with van der Waals surface area (Å²) in [5, 5.41) is 18.7. The molecular weight excluding hydrogens is 396 g/mol. The molecule has 2 aromatic heterocycles. The van der Waals surface area contributed by atoms with E-state index < -0.39 is 12.1 Å². The maximum atomic E-state index is 12.9. The molecule has 0 radical (unpaired) electrons. The number of hydrogen-bond acceptors (Lipinski definition) is 5. The second-order valence-corrected chi connectivity index (χ2v) is 8.41. The number of rotatable bonds is 8. The summed E-state index contributed by atoms with van der Waals surface area (Å²) < 4.78 is 0. The fourth-order valence-corrected chi connectivity index (χ4v) is 4.01. The van der Waals surface area contributed by atoms with Crippen molar-refractivity contribution in [1.82, 2.24) is 25.9 Å². The third-order valence-electron chi connectivity index (χ3n) is 5.95. The molecule has 9 heteroatoms. The molecule has 1 saturated heterocycles. The Kier molecular flexibility index (Phi) is 6.16. The van der Waals surface area contributed by atoms with E-state index in [1.807, 2.05) is 0 Å². The number of nitrogens with zero attached hydrogens (tertiary/aromatic N) is 2. The molecular formula is C22H26N6O3. The number of nitriles is 1. The first-order valence-electron chi connectivity index (χ1n) is 10.7. The lowest BCUT2D eigenvalue weighted by Gasteiger charge is -2.25. The summed E-state index contributed by atoms with van der Waals surface area (Å²) in [5.74, 6) is -0.724. The van der Waals surface area contributed by atoms with Crippen molar-refractivity contribution in [1.29, 1.82) is 5.26 Å². The first kappa shape index (κ1) is 20.8. The molecule has 3 atom stereocenters. The van der Waals surface area contributed by atoms with Crippen LogP contribution in [-0.2, 0) is 9.59 Å². The highest BCUT2D eigenvalue weighted by atomic mass is 16.2. The molecule has 3 amide bonds. The lowest BCUT2D eigenvalue weighted by molar-refractivity contribution is -0.128. The summed E-state index contributed by atoms with van der Waals surface area (Å²) in [5.41, 5.74) is 1.14. The standard InChI is InChI=1S/C22H26N6O3/c23-11-16(9-14-2-1-6-25-20(14)29)26-21(30)18(8-13-3-4-13)28-22(31)19-10-15-12-24-7-5-17(15)27-19/h5,7,10,12-14,16,18,27H,1-4,6,8-9H2,(H,25,29)(H,26,30)(H,28,31). The zero-order chi connectivity index (χ0) is 21.8. The zero-order valence-electron chi connectivity index (χ0n) is 17.2. The molecule has 3 unspecified atom stereocenters. The van der Waals surface area contributed by atoms with Crippen LogP contribution in [0.5, 0.6) is 0 Å². The normalized spacial score (nSPS) is 20.4. The molecule has 1 aliphatic heterocycles. The van der Waals surface area contributed by atoms with Crippen molar-refractivity contribution in [2.75, 3.05) is 6.54 Å². The molecule has 3 heterocycles. The van der Waals surface area contributed by atoms with E-state index in [0.717, 1.165) is 30.2 Å². The van der Waals surface area contributed by atoms with Crippen molar-refractivity contribution < 1.29 is 14.4 Å². The molecule has 0 spiro atoms. The number of fused-ring (bicyclic) bond motifs is 1. The zero-order valence-corrected chi connectivity index (χ0v) is 17.2. The van der Waals surface area contributed by atoms with Gasteiger partial charge >= 0.3 is 0 Å². The third kappa shape index (κ3) is 5.20. The Morgan fingerprint density at radius 2 is 2.10 bits per heavy atom. The van der Waals surface area contributed by atoms with Crippen LogP contribution in [0.2, 0.25) is 0 Å². The minimum atomic E-state index is -0.779. The number of nitrogens with one attached hydrogen (secondary N) is 4. The quantitative estimate of drug-likeness (QED) is 0.509. The smallest absolute Gasteiger partial charge is 0.268 e. The second kappa shape index (κ2) is 9.16. The minimum Gasteiger partial charge on any atom is -0.356 e. The first-order chi connectivity index (χ1) is 15.0. The van der Waals surface area contributed by atoms with Crippen LogP contribution in [0.3, 0.4) is 0 Å². The molecule has 2 fully saturated rings. The van der Waals surface area contributed by atoms with Gasteiger partial charge in [0.15, 0.2) is 0 Å². The number of aromatic amines is 1. The van der Waals surface area contributed by atoms with Crippen LogP contribution in [0, 0.1) is 23.2 Å². The van der Waals surface area contributed by atoms with E-state index >= 15 is 0 Å². The molecule has 0 aromatic carbocycles. The Hall–Kier alpha value is -3.41. The SMILES string of the molecule is N#CC(CC1CCCNC1=O)NC(=O)C(CC1CC1)NC(=O)c1cc2cnccc2[nH]1. The van der Waals surface area contributed by atoms with E-state index in [2.05, 4.69) is 32.0 Å². The fourth-order valence-electron chi connectivity index (χ4n) is 4.01. The Morgan fingerprint density at radius 3 is 2.81 bits per heavy atom. The highest BCUT2D eigenvalue weighted by Crippen LogP contribution is 2.33. The average molecular weight is 422 g/mol. The van der Waals surface area contributed by atoms with Gasteiger partial charge in [-0.3, -0.25) is 19.4 Å². The molecule has 31 heavy (non-hydrogen) atoms. The van der Waals surface area contributed by atoms with Gasteiger partial charge in [0.2, 0.25) is 11.8 Å². The van der Waals surface area contributed by atoms with Gasteiger partial charge in [-0.15, -0.1) is 0 Å². The number of amides is 3. The number of aromatic nitrogens is 2. The van der Waals surface area contributed by atoms with E-state index in [1.165, 1.54) is 0 Å². The first-order valence-corrected chi connectivity index (χ1v) is 10.7. The molecule has 1 aliphatic carbocycles. The summed E-state index contributed by atoms with van der Waals surface area (Å²) >= 11 is 0. The highest BCUT2D eigenvalue weighted by molar-refractivity contribution is 6.00. The van der Waals surface area contributed by atoms with Crippen LogP contribution < -0.4 is 16.0 Å². The summed E-state index contributed by atoms with van der Waals surface area (Å²) in [4.78, 5) is 44.8. The van der Waals surface area contributed by atoms with Gasteiger partial charge < -0.3 is 20.9 Å². The van der Waals surface area contributed by atoms with Gasteiger partial charge in [0.1, 0.15) is 17.8 Å². The van der Waals surface area contributed by atoms with Gasteiger partial charge in [-0.1, -0.05) is 12.8 Å². The van der Waals surface area contributed by atoms with Crippen LogP contribution in [0.4, 0.5) is 0 Å². The average Bonchev–Trinajstić information content (AvgIpc) is 3.48. The predicted octanol–water partition coefficient (Wildman–Crippen LogP) is 1.39. The summed E-state index contributed by atoms with van der Waals surface area (Å²) in [6.07, 6.45) is 7.73. The Bertz CT molecular complexity index is 989. The summed E-state index contributed by atoms with van der Waals surface area (Å²) in [6.45, 7) is 0.651. The van der Waals surface area contributed by atoms with Crippen LogP contribution in [0.1, 0.15) is 49.0 Å². The van der Waals surface area contributed by atoms with Crippen molar-refractivity contribution in [2.45, 2.75) is 50.6 Å². The minimum absolute atomic E-state index is 0.0723. The van der Waals surface area contributed by atoms with Crippen LogP contribution in [0.15, 0.2) is 24.5 Å². The molecule has 0 bridgehead atoms. The highest BCUT2D eigenvalue weighted by Gasteiger charge is 2.33. The maximum Gasteiger partial charge on any atom is 0.268 e. The summed E-state index contributed by atoms with van der Waals surface area (Å²) in [6, 6.07) is 4.05. The number of hydrogen-bond donors (Lipinski definition) is 4. The predicted molar refractivity (Wildman–Crippen MR) is 113 cm³/mol. The number of H-pyrrole nitrogens is 1. The van der Waals surface area contributed by atoms with Gasteiger partial charge in [-0.25, -0.2) is 0 Å². The van der Waals surface area contributed by atoms with Gasteiger partial charge in [-0.2, -0.15) is 5.26 Å². The monoisotopic (exact) mass is 422 g/mol. The van der Waals surface area contributed by atoms with Crippen molar-refractivity contribution in [3.63, 3.8) is 0 Å². The molecule has 2 aliphatic rings. The Morgan fingerprint density at radius 1 is 1.26 bits per heavy atom. The van der Waals surface area contributed by atoms with Crippen LogP contribution in [-0.4, -0.2) is 46.3 Å². The lowest BCUT2D eigenvalue weighted by Crippen LogP contribution is -2.50. The largest absolute Gasteiger partial charge is 0.356 e. The number of carbonyl (C=O) groups excluding carboxylic acids is 3. The van der Waals surface area contributed by atoms with Gasteiger partial charge in [-0.05, 0) is 43.7 Å². The molecule has 2 aromatic rings. The van der Waals surface area contributed by atoms with Crippen molar-refractivity contribution in [3.8, 4) is 6.07 Å². The molecule has 1 saturated carbocycles. The van der Waals surface area contributed by atoms with E-state index in [9.17, 15) is 19.6 Å². The molecule has 162 valence electrons. The number of piperidine rings is 1. The number of pyridine rings is 1. The molecule has 9 nitrogen and oxygen atoms in total. The fraction of sp³-hybridized carbons (Fsp3) is 0.500. The van der Waals surface area contributed by atoms with E-state index in [4.69, 9.17) is 0 Å². The molecule has 4 rings (SSSR count). The van der Waals surface area contributed by atoms with E-state index in [-0.39, 0.29) is 30.1 Å². The van der Waals surface area contributed by atoms with Gasteiger partial charge in [0.25, 0.3) is 5.91 Å². The topological polar surface area (TPSA) is 140 Å². The Labute approximate surface area is 180 Å². The van der Waals surface area contributed by atoms with Crippen molar-refractivity contribution >= 4 is 28.6 Å². The maximum absolute atomic E-state index is 12.9. The van der Waals surface area contributed by atoms with Crippen LogP contribution >= 0.6 is 0 Å².